The number of aromatic nitrogens is 2. The average molecular weight is 253 g/mol. The zero-order chi connectivity index (χ0) is 13.3. The first kappa shape index (κ1) is 13.0. The Bertz CT molecular complexity index is 472. The van der Waals surface area contributed by atoms with Crippen LogP contribution in [0.4, 0.5) is 5.82 Å². The highest BCUT2D eigenvalue weighted by Crippen LogP contribution is 2.33. The summed E-state index contributed by atoms with van der Waals surface area (Å²) in [7, 11) is 3.65. The summed E-state index contributed by atoms with van der Waals surface area (Å²) in [6, 6.07) is 1.70. The lowest BCUT2D eigenvalue weighted by Crippen LogP contribution is -2.28. The van der Waals surface area contributed by atoms with Crippen molar-refractivity contribution in [1.82, 2.24) is 9.55 Å². The van der Waals surface area contributed by atoms with E-state index in [1.165, 1.54) is 0 Å². The Hall–Kier alpha value is -1.40. The van der Waals surface area contributed by atoms with Crippen molar-refractivity contribution in [2.24, 2.45) is 5.92 Å². The van der Waals surface area contributed by atoms with Gasteiger partial charge in [0.25, 0.3) is 0 Å². The molecule has 1 aliphatic carbocycles. The maximum Gasteiger partial charge on any atom is 0.349 e. The van der Waals surface area contributed by atoms with Crippen LogP contribution in [0.2, 0.25) is 0 Å². The maximum atomic E-state index is 11.9. The topological polar surface area (TPSA) is 78.6 Å². The molecule has 0 unspecified atom stereocenters. The summed E-state index contributed by atoms with van der Waals surface area (Å²) in [5, 5.41) is 18.9. The van der Waals surface area contributed by atoms with Crippen molar-refractivity contribution in [2.75, 3.05) is 25.6 Å². The summed E-state index contributed by atoms with van der Waals surface area (Å²) in [6.45, 7) is -0.0460. The van der Waals surface area contributed by atoms with Gasteiger partial charge in [-0.1, -0.05) is 0 Å². The lowest BCUT2D eigenvalue weighted by atomic mass is 10.1. The van der Waals surface area contributed by atoms with Crippen LogP contribution in [0, 0.1) is 5.92 Å². The Morgan fingerprint density at radius 2 is 2.22 bits per heavy atom. The molecule has 1 aromatic rings. The Balaban J connectivity index is 2.23. The van der Waals surface area contributed by atoms with Crippen molar-refractivity contribution < 1.29 is 10.2 Å². The van der Waals surface area contributed by atoms with Crippen molar-refractivity contribution >= 4 is 5.82 Å². The molecular weight excluding hydrogens is 234 g/mol. The van der Waals surface area contributed by atoms with E-state index in [2.05, 4.69) is 4.98 Å². The van der Waals surface area contributed by atoms with Gasteiger partial charge in [-0.2, -0.15) is 4.98 Å². The minimum absolute atomic E-state index is 0.0460. The van der Waals surface area contributed by atoms with Crippen LogP contribution in [0.25, 0.3) is 0 Å². The molecule has 2 N–H and O–H groups in total. The fourth-order valence-corrected chi connectivity index (χ4v) is 2.43. The summed E-state index contributed by atoms with van der Waals surface area (Å²) in [6.07, 6.45) is 2.27. The van der Waals surface area contributed by atoms with E-state index in [9.17, 15) is 9.90 Å². The Morgan fingerprint density at radius 3 is 2.72 bits per heavy atom. The second-order valence-corrected chi connectivity index (χ2v) is 5.01. The van der Waals surface area contributed by atoms with E-state index in [1.54, 1.807) is 21.7 Å². The summed E-state index contributed by atoms with van der Waals surface area (Å²) in [4.78, 5) is 17.7. The van der Waals surface area contributed by atoms with Gasteiger partial charge in [0.1, 0.15) is 5.82 Å². The lowest BCUT2D eigenvalue weighted by Gasteiger charge is -2.15. The van der Waals surface area contributed by atoms with Gasteiger partial charge in [-0.3, -0.25) is 4.57 Å². The third-order valence-corrected chi connectivity index (χ3v) is 3.53. The van der Waals surface area contributed by atoms with E-state index in [-0.39, 0.29) is 24.3 Å². The molecular formula is C12H19N3O3. The van der Waals surface area contributed by atoms with Crippen molar-refractivity contribution in [1.29, 1.82) is 0 Å². The van der Waals surface area contributed by atoms with Crippen molar-refractivity contribution in [3.63, 3.8) is 0 Å². The van der Waals surface area contributed by atoms with E-state index < -0.39 is 6.10 Å². The molecule has 0 saturated heterocycles. The number of hydrogen-bond donors (Lipinski definition) is 2. The number of rotatable bonds is 3. The molecule has 1 saturated carbocycles. The van der Waals surface area contributed by atoms with E-state index in [1.807, 2.05) is 14.1 Å². The molecule has 0 bridgehead atoms. The summed E-state index contributed by atoms with van der Waals surface area (Å²) in [5.74, 6) is 0.476. The SMILES string of the molecule is CN(C)c1ccn([C@@H]2C[C@H](CO)[C@@H](O)C2)c(=O)n1. The van der Waals surface area contributed by atoms with Gasteiger partial charge in [0.15, 0.2) is 0 Å². The first-order valence-corrected chi connectivity index (χ1v) is 6.08. The second kappa shape index (κ2) is 5.07. The largest absolute Gasteiger partial charge is 0.396 e. The van der Waals surface area contributed by atoms with E-state index in [0.717, 1.165) is 0 Å². The molecule has 3 atom stereocenters. The quantitative estimate of drug-likeness (QED) is 0.767. The lowest BCUT2D eigenvalue weighted by molar-refractivity contribution is 0.0906. The van der Waals surface area contributed by atoms with Crippen molar-refractivity contribution in [3.05, 3.63) is 22.7 Å². The number of anilines is 1. The number of aliphatic hydroxyl groups is 2. The monoisotopic (exact) mass is 253 g/mol. The molecule has 1 heterocycles. The van der Waals surface area contributed by atoms with Crippen LogP contribution >= 0.6 is 0 Å². The van der Waals surface area contributed by atoms with E-state index in [4.69, 9.17) is 5.11 Å². The molecule has 6 nitrogen and oxygen atoms in total. The second-order valence-electron chi connectivity index (χ2n) is 5.01. The zero-order valence-corrected chi connectivity index (χ0v) is 10.7. The number of hydrogen-bond acceptors (Lipinski definition) is 5. The molecule has 1 aliphatic rings. The third-order valence-electron chi connectivity index (χ3n) is 3.53. The molecule has 18 heavy (non-hydrogen) atoms. The summed E-state index contributed by atoms with van der Waals surface area (Å²) in [5.41, 5.74) is -0.308. The molecule has 1 fully saturated rings. The van der Waals surface area contributed by atoms with Gasteiger partial charge in [0.05, 0.1) is 6.10 Å². The maximum absolute atomic E-state index is 11.9. The smallest absolute Gasteiger partial charge is 0.349 e. The molecule has 0 spiro atoms. The average Bonchev–Trinajstić information content (AvgIpc) is 2.70. The van der Waals surface area contributed by atoms with Gasteiger partial charge in [-0.15, -0.1) is 0 Å². The van der Waals surface area contributed by atoms with Crippen LogP contribution in [0.3, 0.4) is 0 Å². The standard InChI is InChI=1S/C12H19N3O3/c1-14(2)11-3-4-15(12(18)13-11)9-5-8(7-16)10(17)6-9/h3-4,8-10,16-17H,5-7H2,1-2H3/t8-,9-,10+/m1/s1. The Morgan fingerprint density at radius 1 is 1.50 bits per heavy atom. The van der Waals surface area contributed by atoms with Gasteiger partial charge in [-0.25, -0.2) is 4.79 Å². The van der Waals surface area contributed by atoms with Crippen LogP contribution in [0.15, 0.2) is 17.1 Å². The molecule has 100 valence electrons. The molecule has 6 heteroatoms. The summed E-state index contributed by atoms with van der Waals surface area (Å²) < 4.78 is 1.55. The summed E-state index contributed by atoms with van der Waals surface area (Å²) >= 11 is 0. The third kappa shape index (κ3) is 2.39. The molecule has 0 radical (unpaired) electrons. The van der Waals surface area contributed by atoms with Gasteiger partial charge >= 0.3 is 5.69 Å². The van der Waals surface area contributed by atoms with Crippen LogP contribution in [0.1, 0.15) is 18.9 Å². The Kier molecular flexibility index (Phi) is 3.68. The molecule has 0 aromatic carbocycles. The molecule has 0 aliphatic heterocycles. The van der Waals surface area contributed by atoms with E-state index >= 15 is 0 Å². The fraction of sp³-hybridized carbons (Fsp3) is 0.667. The minimum Gasteiger partial charge on any atom is -0.396 e. The van der Waals surface area contributed by atoms with Crippen LogP contribution in [0.5, 0.6) is 0 Å². The highest BCUT2D eigenvalue weighted by atomic mass is 16.3. The minimum atomic E-state index is -0.541. The van der Waals surface area contributed by atoms with Crippen LogP contribution < -0.4 is 10.6 Å². The zero-order valence-electron chi connectivity index (χ0n) is 10.7. The van der Waals surface area contributed by atoms with Crippen LogP contribution in [-0.2, 0) is 0 Å². The Labute approximate surface area is 106 Å². The van der Waals surface area contributed by atoms with Gasteiger partial charge in [0, 0.05) is 38.9 Å². The van der Waals surface area contributed by atoms with Gasteiger partial charge < -0.3 is 15.1 Å². The molecule has 0 amide bonds. The highest BCUT2D eigenvalue weighted by molar-refractivity contribution is 5.33. The van der Waals surface area contributed by atoms with Gasteiger partial charge in [0.2, 0.25) is 0 Å². The predicted molar refractivity (Wildman–Crippen MR) is 67.7 cm³/mol. The van der Waals surface area contributed by atoms with Crippen LogP contribution in [-0.4, -0.2) is 46.6 Å². The fourth-order valence-electron chi connectivity index (χ4n) is 2.43. The first-order valence-electron chi connectivity index (χ1n) is 6.08. The normalized spacial score (nSPS) is 27.4. The highest BCUT2D eigenvalue weighted by Gasteiger charge is 2.33. The van der Waals surface area contributed by atoms with Crippen molar-refractivity contribution in [2.45, 2.75) is 25.0 Å². The predicted octanol–water partition coefficient (Wildman–Crippen LogP) is -0.386. The number of aliphatic hydroxyl groups excluding tert-OH is 2. The molecule has 2 rings (SSSR count). The van der Waals surface area contributed by atoms with Gasteiger partial charge in [-0.05, 0) is 18.9 Å². The number of nitrogens with zero attached hydrogens (tertiary/aromatic N) is 3. The van der Waals surface area contributed by atoms with Crippen molar-refractivity contribution in [3.8, 4) is 0 Å². The first-order chi connectivity index (χ1) is 8.52. The molecule has 1 aromatic heterocycles. The van der Waals surface area contributed by atoms with E-state index in [0.29, 0.717) is 18.7 Å².